The number of rotatable bonds is 39. The third-order valence-corrected chi connectivity index (χ3v) is 9.23. The molecule has 0 radical (unpaired) electrons. The van der Waals surface area contributed by atoms with E-state index in [1.165, 1.54) is 77.0 Å². The summed E-state index contributed by atoms with van der Waals surface area (Å²) in [4.78, 5) is 37.6. The molecule has 0 aliphatic carbocycles. The zero-order valence-corrected chi connectivity index (χ0v) is 35.7. The van der Waals surface area contributed by atoms with E-state index in [-0.39, 0.29) is 31.6 Å². The van der Waals surface area contributed by atoms with E-state index in [0.29, 0.717) is 12.8 Å². The van der Waals surface area contributed by atoms with Crippen LogP contribution in [0.25, 0.3) is 0 Å². The molecular formula is C49H82O6. The Morgan fingerprint density at radius 2 is 0.800 bits per heavy atom. The van der Waals surface area contributed by atoms with Crippen LogP contribution in [0, 0.1) is 0 Å². The molecule has 55 heavy (non-hydrogen) atoms. The van der Waals surface area contributed by atoms with E-state index in [9.17, 15) is 14.4 Å². The number of hydrogen-bond donors (Lipinski definition) is 0. The molecule has 0 aromatic heterocycles. The van der Waals surface area contributed by atoms with Crippen LogP contribution in [-0.2, 0) is 28.6 Å². The second-order valence-corrected chi connectivity index (χ2v) is 14.6. The summed E-state index contributed by atoms with van der Waals surface area (Å²) in [6.07, 6.45) is 53.3. The first-order chi connectivity index (χ1) is 27.0. The van der Waals surface area contributed by atoms with Crippen LogP contribution in [0.2, 0.25) is 0 Å². The monoisotopic (exact) mass is 767 g/mol. The number of allylic oxidation sites excluding steroid dienone is 11. The molecule has 6 nitrogen and oxygen atoms in total. The molecule has 0 heterocycles. The predicted octanol–water partition coefficient (Wildman–Crippen LogP) is 14.3. The average Bonchev–Trinajstić information content (AvgIpc) is 3.18. The summed E-state index contributed by atoms with van der Waals surface area (Å²) in [5, 5.41) is 0. The molecule has 0 rings (SSSR count). The van der Waals surface area contributed by atoms with Gasteiger partial charge in [-0.1, -0.05) is 190 Å². The highest BCUT2D eigenvalue weighted by atomic mass is 16.6. The van der Waals surface area contributed by atoms with Crippen LogP contribution in [-0.4, -0.2) is 37.2 Å². The summed E-state index contributed by atoms with van der Waals surface area (Å²) in [6, 6.07) is 0. The molecule has 0 saturated heterocycles. The van der Waals surface area contributed by atoms with Crippen molar-refractivity contribution in [3.63, 3.8) is 0 Å². The van der Waals surface area contributed by atoms with Gasteiger partial charge in [-0.05, 0) is 64.2 Å². The summed E-state index contributed by atoms with van der Waals surface area (Å²) >= 11 is 0. The summed E-state index contributed by atoms with van der Waals surface area (Å²) in [6.45, 7) is 6.36. The summed E-state index contributed by atoms with van der Waals surface area (Å²) in [5.74, 6) is -1.06. The molecule has 0 N–H and O–H groups in total. The molecule has 0 aliphatic heterocycles. The van der Waals surface area contributed by atoms with Gasteiger partial charge < -0.3 is 14.2 Å². The van der Waals surface area contributed by atoms with Gasteiger partial charge in [-0.25, -0.2) is 0 Å². The molecule has 1 unspecified atom stereocenters. The minimum atomic E-state index is -0.814. The number of hydrogen-bond acceptors (Lipinski definition) is 6. The lowest BCUT2D eigenvalue weighted by Gasteiger charge is -2.18. The van der Waals surface area contributed by atoms with Crippen LogP contribution in [0.3, 0.4) is 0 Å². The maximum Gasteiger partial charge on any atom is 0.309 e. The van der Waals surface area contributed by atoms with Crippen molar-refractivity contribution in [3.8, 4) is 0 Å². The quantitative estimate of drug-likeness (QED) is 0.0268. The predicted molar refractivity (Wildman–Crippen MR) is 233 cm³/mol. The fourth-order valence-electron chi connectivity index (χ4n) is 5.85. The first kappa shape index (κ1) is 51.9. The normalized spacial score (nSPS) is 12.7. The van der Waals surface area contributed by atoms with Gasteiger partial charge in [0.15, 0.2) is 6.10 Å². The fraction of sp³-hybridized carbons (Fsp3) is 0.694. The van der Waals surface area contributed by atoms with Crippen LogP contribution >= 0.6 is 0 Å². The molecule has 0 aromatic rings. The van der Waals surface area contributed by atoms with Gasteiger partial charge >= 0.3 is 17.9 Å². The van der Waals surface area contributed by atoms with Crippen molar-refractivity contribution in [3.05, 3.63) is 72.9 Å². The van der Waals surface area contributed by atoms with Gasteiger partial charge in [0, 0.05) is 12.8 Å². The van der Waals surface area contributed by atoms with Gasteiger partial charge in [-0.2, -0.15) is 0 Å². The molecule has 0 amide bonds. The Bertz CT molecular complexity index is 1070. The van der Waals surface area contributed by atoms with Crippen molar-refractivity contribution < 1.29 is 28.6 Å². The highest BCUT2D eigenvalue weighted by Gasteiger charge is 2.19. The molecule has 0 spiro atoms. The van der Waals surface area contributed by atoms with Crippen molar-refractivity contribution in [1.82, 2.24) is 0 Å². The van der Waals surface area contributed by atoms with Gasteiger partial charge in [0.2, 0.25) is 0 Å². The number of esters is 3. The number of ether oxygens (including phenoxy) is 3. The average molecular weight is 767 g/mol. The molecule has 0 aliphatic rings. The Morgan fingerprint density at radius 3 is 1.31 bits per heavy atom. The molecule has 0 fully saturated rings. The maximum atomic E-state index is 12.7. The molecular weight excluding hydrogens is 685 g/mol. The van der Waals surface area contributed by atoms with Crippen molar-refractivity contribution in [1.29, 1.82) is 0 Å². The Hall–Kier alpha value is -3.15. The van der Waals surface area contributed by atoms with E-state index < -0.39 is 12.1 Å². The van der Waals surface area contributed by atoms with Crippen molar-refractivity contribution >= 4 is 17.9 Å². The van der Waals surface area contributed by atoms with E-state index in [1.54, 1.807) is 6.08 Å². The van der Waals surface area contributed by atoms with E-state index in [4.69, 9.17) is 14.2 Å². The van der Waals surface area contributed by atoms with Crippen LogP contribution < -0.4 is 0 Å². The second kappa shape index (κ2) is 43.6. The van der Waals surface area contributed by atoms with Gasteiger partial charge in [0.25, 0.3) is 0 Å². The Kier molecular flexibility index (Phi) is 41.1. The number of carbonyl (C=O) groups excluding carboxylic acids is 3. The van der Waals surface area contributed by atoms with Gasteiger partial charge in [-0.15, -0.1) is 0 Å². The smallest absolute Gasteiger partial charge is 0.309 e. The molecule has 6 heteroatoms. The van der Waals surface area contributed by atoms with Crippen LogP contribution in [0.5, 0.6) is 0 Å². The van der Waals surface area contributed by atoms with Crippen molar-refractivity contribution in [2.24, 2.45) is 0 Å². The van der Waals surface area contributed by atoms with E-state index >= 15 is 0 Å². The first-order valence-electron chi connectivity index (χ1n) is 22.4. The minimum absolute atomic E-state index is 0.108. The van der Waals surface area contributed by atoms with Gasteiger partial charge in [-0.3, -0.25) is 14.4 Å². The minimum Gasteiger partial charge on any atom is -0.462 e. The first-order valence-corrected chi connectivity index (χ1v) is 22.4. The molecule has 314 valence electrons. The highest BCUT2D eigenvalue weighted by molar-refractivity contribution is 5.72. The topological polar surface area (TPSA) is 78.9 Å². The van der Waals surface area contributed by atoms with Gasteiger partial charge in [0.1, 0.15) is 13.2 Å². The zero-order valence-electron chi connectivity index (χ0n) is 35.7. The lowest BCUT2D eigenvalue weighted by atomic mass is 10.1. The maximum absolute atomic E-state index is 12.7. The summed E-state index contributed by atoms with van der Waals surface area (Å²) in [5.41, 5.74) is 0. The van der Waals surface area contributed by atoms with Crippen LogP contribution in [0.1, 0.15) is 201 Å². The largest absolute Gasteiger partial charge is 0.462 e. The molecule has 0 saturated carbocycles. The highest BCUT2D eigenvalue weighted by Crippen LogP contribution is 2.13. The number of carbonyl (C=O) groups is 3. The Morgan fingerprint density at radius 1 is 0.400 bits per heavy atom. The number of unbranched alkanes of at least 4 members (excludes halogenated alkanes) is 17. The molecule has 0 bridgehead atoms. The van der Waals surface area contributed by atoms with Gasteiger partial charge in [0.05, 0.1) is 6.42 Å². The second-order valence-electron chi connectivity index (χ2n) is 14.6. The molecule has 1 atom stereocenters. The third kappa shape index (κ3) is 41.8. The van der Waals surface area contributed by atoms with Crippen molar-refractivity contribution in [2.75, 3.05) is 13.2 Å². The lowest BCUT2D eigenvalue weighted by Crippen LogP contribution is -2.30. The third-order valence-electron chi connectivity index (χ3n) is 9.23. The van der Waals surface area contributed by atoms with E-state index in [2.05, 4.69) is 81.5 Å². The van der Waals surface area contributed by atoms with Crippen LogP contribution in [0.4, 0.5) is 0 Å². The van der Waals surface area contributed by atoms with E-state index in [1.807, 2.05) is 6.08 Å². The van der Waals surface area contributed by atoms with Crippen LogP contribution in [0.15, 0.2) is 72.9 Å². The fourth-order valence-corrected chi connectivity index (χ4v) is 5.85. The zero-order chi connectivity index (χ0) is 40.1. The molecule has 0 aromatic carbocycles. The summed E-state index contributed by atoms with van der Waals surface area (Å²) < 4.78 is 16.6. The standard InChI is InChI=1S/C49H82O6/c1-4-7-10-13-16-19-22-23-24-25-28-30-33-36-39-42-48(51)54-45-46(55-49(52)43-40-37-34-31-27-21-18-15-12-9-6-3)44-53-47(50)41-38-35-32-29-26-20-17-14-11-8-5-2/h7,10,15-16,18-19,23-24,28,30,36,39,46H,4-6,8-9,11-14,17,20-22,25-27,29,31-35,37-38,40-45H2,1-3H3/b10-7-,18-15-,19-16-,24-23-,30-28-,39-36-. The summed E-state index contributed by atoms with van der Waals surface area (Å²) in [7, 11) is 0. The van der Waals surface area contributed by atoms with Crippen molar-refractivity contribution in [2.45, 2.75) is 207 Å². The lowest BCUT2D eigenvalue weighted by molar-refractivity contribution is -0.166. The Balaban J connectivity index is 4.52. The van der Waals surface area contributed by atoms with E-state index in [0.717, 1.165) is 83.5 Å². The Labute approximate surface area is 338 Å². The SMILES string of the molecule is CC/C=C\C/C=C\C/C=C\C/C=C\C/C=C\CC(=O)OCC(COC(=O)CCCCCCCCCCCCC)OC(=O)CCCCCCC/C=C\CCCC.